The zero-order valence-corrected chi connectivity index (χ0v) is 18.8. The van der Waals surface area contributed by atoms with Gasteiger partial charge in [-0.2, -0.15) is 0 Å². The second kappa shape index (κ2) is 17.4. The van der Waals surface area contributed by atoms with Crippen molar-refractivity contribution < 1.29 is 4.48 Å². The van der Waals surface area contributed by atoms with Crippen LogP contribution in [-0.2, 0) is 0 Å². The molecule has 0 spiro atoms. The van der Waals surface area contributed by atoms with Crippen LogP contribution in [0.25, 0.3) is 0 Å². The molecule has 0 saturated carbocycles. The Morgan fingerprint density at radius 3 is 1.44 bits per heavy atom. The van der Waals surface area contributed by atoms with Crippen LogP contribution >= 0.6 is 0 Å². The zero-order valence-electron chi connectivity index (χ0n) is 18.8. The van der Waals surface area contributed by atoms with E-state index in [0.29, 0.717) is 0 Å². The number of hydrogen-bond acceptors (Lipinski definition) is 0. The lowest BCUT2D eigenvalue weighted by Crippen LogP contribution is -2.43. The molecule has 0 heterocycles. The van der Waals surface area contributed by atoms with Gasteiger partial charge in [-0.05, 0) is 19.3 Å². The fourth-order valence-corrected chi connectivity index (χ4v) is 4.15. The van der Waals surface area contributed by atoms with Crippen molar-refractivity contribution in [3.05, 3.63) is 0 Å². The minimum Gasteiger partial charge on any atom is -0.328 e. The van der Waals surface area contributed by atoms with Crippen molar-refractivity contribution in [2.45, 2.75) is 124 Å². The second-order valence-electron chi connectivity index (χ2n) is 9.33. The summed E-state index contributed by atoms with van der Waals surface area (Å²) < 4.78 is 1.23. The molecule has 25 heavy (non-hydrogen) atoms. The van der Waals surface area contributed by atoms with Gasteiger partial charge in [-0.1, -0.05) is 104 Å². The van der Waals surface area contributed by atoms with Gasteiger partial charge in [0.15, 0.2) is 0 Å². The molecule has 0 radical (unpaired) electrons. The summed E-state index contributed by atoms with van der Waals surface area (Å²) in [6.07, 6.45) is 23.0. The predicted octanol–water partition coefficient (Wildman–Crippen LogP) is 7.98. The third-order valence-corrected chi connectivity index (χ3v) is 5.72. The minimum absolute atomic E-state index is 0.889. The van der Waals surface area contributed by atoms with Gasteiger partial charge in [-0.3, -0.25) is 0 Å². The number of quaternary nitrogens is 1. The van der Waals surface area contributed by atoms with Crippen LogP contribution in [0.5, 0.6) is 0 Å². The van der Waals surface area contributed by atoms with E-state index < -0.39 is 0 Å². The first-order chi connectivity index (χ1) is 12.0. The highest BCUT2D eigenvalue weighted by Crippen LogP contribution is 2.16. The third kappa shape index (κ3) is 18.5. The second-order valence-corrected chi connectivity index (χ2v) is 9.33. The van der Waals surface area contributed by atoms with Crippen molar-refractivity contribution in [3.63, 3.8) is 0 Å². The summed E-state index contributed by atoms with van der Waals surface area (Å²) in [4.78, 5) is 0. The monoisotopic (exact) mass is 354 g/mol. The maximum atomic E-state index is 2.47. The van der Waals surface area contributed by atoms with E-state index in [9.17, 15) is 0 Å². The molecule has 0 saturated heterocycles. The molecule has 1 unspecified atom stereocenters. The maximum absolute atomic E-state index is 2.47. The number of unbranched alkanes of at least 4 members (excludes halogenated alkanes) is 13. The van der Waals surface area contributed by atoms with Crippen LogP contribution in [0.15, 0.2) is 0 Å². The summed E-state index contributed by atoms with van der Waals surface area (Å²) in [5.41, 5.74) is 0. The highest BCUT2D eigenvalue weighted by molar-refractivity contribution is 4.54. The molecule has 152 valence electrons. The average Bonchev–Trinajstić information content (AvgIpc) is 2.56. The van der Waals surface area contributed by atoms with Crippen LogP contribution in [0.4, 0.5) is 0 Å². The Labute approximate surface area is 161 Å². The molecule has 0 aliphatic rings. The highest BCUT2D eigenvalue weighted by Gasteiger charge is 2.18. The van der Waals surface area contributed by atoms with Gasteiger partial charge in [0.1, 0.15) is 0 Å². The first-order valence-corrected chi connectivity index (χ1v) is 11.8. The van der Waals surface area contributed by atoms with E-state index in [1.807, 2.05) is 0 Å². The lowest BCUT2D eigenvalue weighted by molar-refractivity contribution is -0.893. The van der Waals surface area contributed by atoms with E-state index in [-0.39, 0.29) is 0 Å². The maximum Gasteiger partial charge on any atom is 0.0808 e. The van der Waals surface area contributed by atoms with E-state index in [1.54, 1.807) is 0 Å². The molecule has 0 bridgehead atoms. The zero-order chi connectivity index (χ0) is 18.8. The van der Waals surface area contributed by atoms with Gasteiger partial charge in [-0.25, -0.2) is 0 Å². The first-order valence-electron chi connectivity index (χ1n) is 11.8. The Morgan fingerprint density at radius 2 is 0.960 bits per heavy atom. The molecule has 1 nitrogen and oxygen atoms in total. The summed E-state index contributed by atoms with van der Waals surface area (Å²) >= 11 is 0. The molecule has 0 aliphatic heterocycles. The number of nitrogens with zero attached hydrogens (tertiary/aromatic N) is 1. The smallest absolute Gasteiger partial charge is 0.0808 e. The largest absolute Gasteiger partial charge is 0.328 e. The fraction of sp³-hybridized carbons (Fsp3) is 1.00. The highest BCUT2D eigenvalue weighted by atomic mass is 15.3. The normalized spacial score (nSPS) is 13.3. The van der Waals surface area contributed by atoms with E-state index in [4.69, 9.17) is 0 Å². The van der Waals surface area contributed by atoms with Crippen molar-refractivity contribution in [1.82, 2.24) is 0 Å². The topological polar surface area (TPSA) is 0 Å². The van der Waals surface area contributed by atoms with E-state index in [2.05, 4.69) is 34.9 Å². The van der Waals surface area contributed by atoms with Gasteiger partial charge >= 0.3 is 0 Å². The van der Waals surface area contributed by atoms with Gasteiger partial charge in [0.05, 0.1) is 27.2 Å². The molecule has 0 aromatic carbocycles. The van der Waals surface area contributed by atoms with Crippen LogP contribution in [0.2, 0.25) is 0 Å². The van der Waals surface area contributed by atoms with Crippen molar-refractivity contribution in [1.29, 1.82) is 0 Å². The quantitative estimate of drug-likeness (QED) is 0.163. The Morgan fingerprint density at radius 1 is 0.560 bits per heavy atom. The van der Waals surface area contributed by atoms with Crippen molar-refractivity contribution in [3.8, 4) is 0 Å². The molecular weight excluding hydrogens is 302 g/mol. The van der Waals surface area contributed by atoms with E-state index in [0.717, 1.165) is 5.92 Å². The predicted molar refractivity (Wildman–Crippen MR) is 116 cm³/mol. The standard InChI is InChI=1S/C24H52N/c1-6-8-10-12-14-15-16-18-20-22-25(4,5)23-24(3)21-19-17-13-11-9-7-2/h24H,6-23H2,1-5H3/q+1. The summed E-state index contributed by atoms with van der Waals surface area (Å²) in [7, 11) is 4.89. The van der Waals surface area contributed by atoms with Crippen LogP contribution in [0, 0.1) is 5.92 Å². The van der Waals surface area contributed by atoms with Crippen molar-refractivity contribution in [2.75, 3.05) is 27.2 Å². The van der Waals surface area contributed by atoms with Crippen LogP contribution in [-0.4, -0.2) is 31.7 Å². The summed E-state index contributed by atoms with van der Waals surface area (Å²) in [6, 6.07) is 0. The summed E-state index contributed by atoms with van der Waals surface area (Å²) in [5.74, 6) is 0.889. The fourth-order valence-electron chi connectivity index (χ4n) is 4.15. The molecule has 0 aromatic rings. The van der Waals surface area contributed by atoms with E-state index in [1.165, 1.54) is 120 Å². The molecule has 0 amide bonds. The third-order valence-electron chi connectivity index (χ3n) is 5.72. The Balaban J connectivity index is 3.52. The Kier molecular flexibility index (Phi) is 17.3. The number of hydrogen-bond donors (Lipinski definition) is 0. The molecule has 0 N–H and O–H groups in total. The molecule has 0 aliphatic carbocycles. The van der Waals surface area contributed by atoms with Crippen molar-refractivity contribution in [2.24, 2.45) is 5.92 Å². The molecule has 0 aromatic heterocycles. The Bertz CT molecular complexity index is 259. The SMILES string of the molecule is CCCCCCCCCCC[N+](C)(C)CC(C)CCCCCCCC. The van der Waals surface area contributed by atoms with Gasteiger partial charge in [0, 0.05) is 5.92 Å². The molecular formula is C24H52N+. The number of rotatable bonds is 19. The minimum atomic E-state index is 0.889. The van der Waals surface area contributed by atoms with Crippen LogP contribution in [0.1, 0.15) is 124 Å². The Hall–Kier alpha value is -0.0400. The van der Waals surface area contributed by atoms with Crippen LogP contribution in [0.3, 0.4) is 0 Å². The molecule has 0 fully saturated rings. The van der Waals surface area contributed by atoms with Crippen LogP contribution < -0.4 is 0 Å². The van der Waals surface area contributed by atoms with Gasteiger partial charge in [0.2, 0.25) is 0 Å². The van der Waals surface area contributed by atoms with Gasteiger partial charge < -0.3 is 4.48 Å². The average molecular weight is 355 g/mol. The first kappa shape index (κ1) is 25.0. The van der Waals surface area contributed by atoms with Crippen molar-refractivity contribution >= 4 is 0 Å². The van der Waals surface area contributed by atoms with Gasteiger partial charge in [0.25, 0.3) is 0 Å². The molecule has 1 atom stereocenters. The lowest BCUT2D eigenvalue weighted by Gasteiger charge is -2.32. The summed E-state index contributed by atoms with van der Waals surface area (Å²) in [5, 5.41) is 0. The summed E-state index contributed by atoms with van der Waals surface area (Å²) in [6.45, 7) is 9.81. The molecule has 1 heteroatoms. The van der Waals surface area contributed by atoms with E-state index >= 15 is 0 Å². The lowest BCUT2D eigenvalue weighted by atomic mass is 10.0. The molecule has 0 rings (SSSR count). The van der Waals surface area contributed by atoms with Gasteiger partial charge in [-0.15, -0.1) is 0 Å².